The molecule has 0 spiro atoms. The summed E-state index contributed by atoms with van der Waals surface area (Å²) in [4.78, 5) is 11.2. The Balaban J connectivity index is 2.72. The molecule has 1 saturated carbocycles. The van der Waals surface area contributed by atoms with Crippen molar-refractivity contribution in [3.8, 4) is 0 Å². The second-order valence-corrected chi connectivity index (χ2v) is 3.65. The minimum Gasteiger partial charge on any atom is -0.385 e. The fourth-order valence-electron chi connectivity index (χ4n) is 1.99. The van der Waals surface area contributed by atoms with Crippen LogP contribution < -0.4 is 0 Å². The molecule has 0 radical (unpaired) electrons. The van der Waals surface area contributed by atoms with Crippen LogP contribution >= 0.6 is 0 Å². The van der Waals surface area contributed by atoms with Gasteiger partial charge in [-0.3, -0.25) is 4.79 Å². The van der Waals surface area contributed by atoms with E-state index in [1.807, 2.05) is 13.8 Å². The highest BCUT2D eigenvalue weighted by molar-refractivity contribution is 5.84. The maximum absolute atomic E-state index is 11.2. The number of carbonyl (C=O) groups excluding carboxylic acids is 1. The van der Waals surface area contributed by atoms with Crippen molar-refractivity contribution in [2.45, 2.75) is 32.5 Å². The molecule has 0 saturated heterocycles. The summed E-state index contributed by atoms with van der Waals surface area (Å²) in [5.74, 6) is 0.0930. The number of Topliss-reactive ketones (excluding diaryl/α,β-unsaturated/α-hetero) is 1. The van der Waals surface area contributed by atoms with E-state index in [2.05, 4.69) is 0 Å². The van der Waals surface area contributed by atoms with E-state index < -0.39 is 6.10 Å². The van der Waals surface area contributed by atoms with Crippen molar-refractivity contribution < 1.29 is 14.6 Å². The fraction of sp³-hybridized carbons (Fsp3) is 0.889. The van der Waals surface area contributed by atoms with Crippen molar-refractivity contribution in [1.82, 2.24) is 0 Å². The Hall–Kier alpha value is -0.410. The Morgan fingerprint density at radius 1 is 1.50 bits per heavy atom. The zero-order valence-electron chi connectivity index (χ0n) is 7.78. The molecule has 0 bridgehead atoms. The number of ether oxygens (including phenoxy) is 1. The number of hydrogen-bond acceptors (Lipinski definition) is 3. The number of methoxy groups -OCH3 is 1. The molecule has 1 aliphatic carbocycles. The topological polar surface area (TPSA) is 46.5 Å². The Morgan fingerprint density at radius 3 is 2.58 bits per heavy atom. The summed E-state index contributed by atoms with van der Waals surface area (Å²) in [6.45, 7) is 3.83. The van der Waals surface area contributed by atoms with E-state index in [0.29, 0.717) is 6.42 Å². The monoisotopic (exact) mass is 172 g/mol. The Bertz CT molecular complexity index is 179. The average molecular weight is 172 g/mol. The highest BCUT2D eigenvalue weighted by atomic mass is 16.5. The summed E-state index contributed by atoms with van der Waals surface area (Å²) in [6, 6.07) is 0. The molecule has 3 heteroatoms. The number of rotatable bonds is 1. The predicted octanol–water partition coefficient (Wildman–Crippen LogP) is 0.607. The fourth-order valence-corrected chi connectivity index (χ4v) is 1.99. The lowest BCUT2D eigenvalue weighted by atomic mass is 9.78. The van der Waals surface area contributed by atoms with Crippen molar-refractivity contribution in [3.05, 3.63) is 0 Å². The van der Waals surface area contributed by atoms with E-state index in [0.717, 1.165) is 0 Å². The SMILES string of the molecule is COC1C(C)CC(=O)C(O)C1C. The third kappa shape index (κ3) is 1.52. The van der Waals surface area contributed by atoms with Gasteiger partial charge in [-0.05, 0) is 5.92 Å². The first kappa shape index (κ1) is 9.68. The van der Waals surface area contributed by atoms with Crippen molar-refractivity contribution in [2.75, 3.05) is 7.11 Å². The van der Waals surface area contributed by atoms with Crippen LogP contribution in [-0.2, 0) is 9.53 Å². The number of ketones is 1. The smallest absolute Gasteiger partial charge is 0.162 e. The van der Waals surface area contributed by atoms with E-state index >= 15 is 0 Å². The van der Waals surface area contributed by atoms with Gasteiger partial charge in [-0.15, -0.1) is 0 Å². The molecule has 0 aliphatic heterocycles. The maximum Gasteiger partial charge on any atom is 0.162 e. The molecule has 3 nitrogen and oxygen atoms in total. The molecule has 1 fully saturated rings. The summed E-state index contributed by atoms with van der Waals surface area (Å²) in [5.41, 5.74) is 0. The highest BCUT2D eigenvalue weighted by Crippen LogP contribution is 2.28. The molecular weight excluding hydrogens is 156 g/mol. The van der Waals surface area contributed by atoms with E-state index in [4.69, 9.17) is 4.74 Å². The molecule has 0 aromatic heterocycles. The largest absolute Gasteiger partial charge is 0.385 e. The van der Waals surface area contributed by atoms with Crippen molar-refractivity contribution >= 4 is 5.78 Å². The molecular formula is C9H16O3. The van der Waals surface area contributed by atoms with Gasteiger partial charge in [-0.2, -0.15) is 0 Å². The van der Waals surface area contributed by atoms with Crippen LogP contribution in [-0.4, -0.2) is 30.2 Å². The summed E-state index contributed by atoms with van der Waals surface area (Å²) < 4.78 is 5.22. The van der Waals surface area contributed by atoms with Crippen LogP contribution in [0.5, 0.6) is 0 Å². The lowest BCUT2D eigenvalue weighted by molar-refractivity contribution is -0.143. The van der Waals surface area contributed by atoms with Gasteiger partial charge >= 0.3 is 0 Å². The summed E-state index contributed by atoms with van der Waals surface area (Å²) in [7, 11) is 1.63. The first-order valence-electron chi connectivity index (χ1n) is 4.31. The second kappa shape index (κ2) is 3.54. The minimum absolute atomic E-state index is 0.0118. The highest BCUT2D eigenvalue weighted by Gasteiger charge is 2.38. The third-order valence-electron chi connectivity index (χ3n) is 2.70. The van der Waals surface area contributed by atoms with Gasteiger partial charge in [0.25, 0.3) is 0 Å². The quantitative estimate of drug-likeness (QED) is 0.630. The molecule has 0 amide bonds. The van der Waals surface area contributed by atoms with Crippen LogP contribution in [0, 0.1) is 11.8 Å². The molecule has 1 rings (SSSR count). The van der Waals surface area contributed by atoms with Crippen molar-refractivity contribution in [3.63, 3.8) is 0 Å². The van der Waals surface area contributed by atoms with Crippen LogP contribution in [0.4, 0.5) is 0 Å². The maximum atomic E-state index is 11.2. The molecule has 0 aromatic carbocycles. The van der Waals surface area contributed by atoms with Gasteiger partial charge in [0.1, 0.15) is 6.10 Å². The van der Waals surface area contributed by atoms with Gasteiger partial charge in [0.15, 0.2) is 5.78 Å². The number of carbonyl (C=O) groups is 1. The first-order chi connectivity index (χ1) is 5.57. The van der Waals surface area contributed by atoms with E-state index in [1.54, 1.807) is 7.11 Å². The first-order valence-corrected chi connectivity index (χ1v) is 4.31. The summed E-state index contributed by atoms with van der Waals surface area (Å²) in [6.07, 6.45) is -0.381. The lowest BCUT2D eigenvalue weighted by Crippen LogP contribution is -2.46. The Kier molecular flexibility index (Phi) is 2.85. The van der Waals surface area contributed by atoms with Gasteiger partial charge in [-0.1, -0.05) is 13.8 Å². The normalized spacial score (nSPS) is 43.2. The van der Waals surface area contributed by atoms with E-state index in [-0.39, 0.29) is 23.7 Å². The number of aliphatic hydroxyl groups excluding tert-OH is 1. The van der Waals surface area contributed by atoms with Crippen molar-refractivity contribution in [1.29, 1.82) is 0 Å². The predicted molar refractivity (Wildman–Crippen MR) is 44.8 cm³/mol. The van der Waals surface area contributed by atoms with Crippen molar-refractivity contribution in [2.24, 2.45) is 11.8 Å². The van der Waals surface area contributed by atoms with Crippen LogP contribution in [0.25, 0.3) is 0 Å². The molecule has 4 atom stereocenters. The molecule has 12 heavy (non-hydrogen) atoms. The van der Waals surface area contributed by atoms with Gasteiger partial charge < -0.3 is 9.84 Å². The molecule has 1 N–H and O–H groups in total. The average Bonchev–Trinajstić information content (AvgIpc) is 2.01. The van der Waals surface area contributed by atoms with Gasteiger partial charge in [0.2, 0.25) is 0 Å². The van der Waals surface area contributed by atoms with E-state index in [9.17, 15) is 9.90 Å². The van der Waals surface area contributed by atoms with Gasteiger partial charge in [-0.25, -0.2) is 0 Å². The van der Waals surface area contributed by atoms with Crippen LogP contribution in [0.1, 0.15) is 20.3 Å². The minimum atomic E-state index is -0.828. The Labute approximate surface area is 72.7 Å². The number of hydrogen-bond donors (Lipinski definition) is 1. The zero-order valence-corrected chi connectivity index (χ0v) is 7.78. The van der Waals surface area contributed by atoms with Gasteiger partial charge in [0, 0.05) is 19.4 Å². The Morgan fingerprint density at radius 2 is 2.08 bits per heavy atom. The second-order valence-electron chi connectivity index (χ2n) is 3.65. The third-order valence-corrected chi connectivity index (χ3v) is 2.70. The molecule has 4 unspecified atom stereocenters. The van der Waals surface area contributed by atoms with Gasteiger partial charge in [0.05, 0.1) is 6.10 Å². The standard InChI is InChI=1S/C9H16O3/c1-5-4-7(10)8(11)6(2)9(5)12-3/h5-6,8-9,11H,4H2,1-3H3. The molecule has 70 valence electrons. The lowest BCUT2D eigenvalue weighted by Gasteiger charge is -2.35. The summed E-state index contributed by atoms with van der Waals surface area (Å²) in [5, 5.41) is 9.44. The summed E-state index contributed by atoms with van der Waals surface area (Å²) >= 11 is 0. The molecule has 1 aliphatic rings. The van der Waals surface area contributed by atoms with E-state index in [1.165, 1.54) is 0 Å². The zero-order chi connectivity index (χ0) is 9.30. The molecule has 0 heterocycles. The molecule has 0 aromatic rings. The van der Waals surface area contributed by atoms with Crippen LogP contribution in [0.15, 0.2) is 0 Å². The van der Waals surface area contributed by atoms with Crippen LogP contribution in [0.3, 0.4) is 0 Å². The number of aliphatic hydroxyl groups is 1. The van der Waals surface area contributed by atoms with Crippen LogP contribution in [0.2, 0.25) is 0 Å².